The molecular weight excluding hydrogens is 194 g/mol. The first-order chi connectivity index (χ1) is 7.20. The molecule has 0 aliphatic heterocycles. The number of carbonyl (C=O) groups is 1. The summed E-state index contributed by atoms with van der Waals surface area (Å²) in [5.74, 6) is -0.263. The molecule has 0 aliphatic carbocycles. The minimum Gasteiger partial charge on any atom is -0.364 e. The highest BCUT2D eigenvalue weighted by molar-refractivity contribution is 5.93. The van der Waals surface area contributed by atoms with E-state index in [0.717, 1.165) is 5.69 Å². The van der Waals surface area contributed by atoms with E-state index < -0.39 is 5.91 Å². The summed E-state index contributed by atoms with van der Waals surface area (Å²) >= 11 is 0. The summed E-state index contributed by atoms with van der Waals surface area (Å²) in [4.78, 5) is 19.0. The first-order valence-electron chi connectivity index (χ1n) is 4.32. The van der Waals surface area contributed by atoms with Crippen molar-refractivity contribution in [2.75, 3.05) is 0 Å². The lowest BCUT2D eigenvalue weighted by Gasteiger charge is -2.05. The maximum Gasteiger partial charge on any atom is 0.271 e. The van der Waals surface area contributed by atoms with E-state index in [1.54, 1.807) is 12.3 Å². The molecule has 0 spiro atoms. The zero-order chi connectivity index (χ0) is 10.8. The van der Waals surface area contributed by atoms with Crippen molar-refractivity contribution < 1.29 is 4.79 Å². The number of rotatable bonds is 2. The Bertz CT molecular complexity index is 505. The van der Waals surface area contributed by atoms with Crippen LogP contribution < -0.4 is 5.73 Å². The minimum atomic E-state index is -0.618. The molecule has 2 rings (SSSR count). The molecule has 2 aromatic rings. The summed E-state index contributed by atoms with van der Waals surface area (Å²) < 4.78 is 1.52. The molecular formula is C9H9N5O. The number of aryl methyl sites for hydroxylation is 1. The molecule has 6 nitrogen and oxygen atoms in total. The molecule has 0 radical (unpaired) electrons. The highest BCUT2D eigenvalue weighted by Crippen LogP contribution is 2.09. The molecule has 2 N–H and O–H groups in total. The zero-order valence-electron chi connectivity index (χ0n) is 8.08. The summed E-state index contributed by atoms with van der Waals surface area (Å²) in [6.45, 7) is 1.85. The molecule has 2 heterocycles. The van der Waals surface area contributed by atoms with Crippen LogP contribution >= 0.6 is 0 Å². The number of nitrogens with two attached hydrogens (primary N) is 1. The van der Waals surface area contributed by atoms with Gasteiger partial charge < -0.3 is 5.73 Å². The van der Waals surface area contributed by atoms with Gasteiger partial charge in [-0.3, -0.25) is 4.79 Å². The minimum absolute atomic E-state index is 0.115. The van der Waals surface area contributed by atoms with Gasteiger partial charge in [-0.05, 0) is 13.0 Å². The molecule has 0 aliphatic rings. The van der Waals surface area contributed by atoms with Crippen molar-refractivity contribution in [2.45, 2.75) is 6.92 Å². The number of primary amides is 1. The van der Waals surface area contributed by atoms with Crippen molar-refractivity contribution >= 4 is 5.91 Å². The average molecular weight is 203 g/mol. The van der Waals surface area contributed by atoms with Crippen molar-refractivity contribution in [1.29, 1.82) is 0 Å². The van der Waals surface area contributed by atoms with Gasteiger partial charge >= 0.3 is 0 Å². The van der Waals surface area contributed by atoms with Crippen LogP contribution in [0.15, 0.2) is 24.7 Å². The van der Waals surface area contributed by atoms with Gasteiger partial charge in [0.25, 0.3) is 5.91 Å². The average Bonchev–Trinajstić information content (AvgIpc) is 2.64. The topological polar surface area (TPSA) is 86.7 Å². The lowest BCUT2D eigenvalue weighted by molar-refractivity contribution is 0.0995. The van der Waals surface area contributed by atoms with Crippen molar-refractivity contribution in [3.63, 3.8) is 0 Å². The Labute approximate surface area is 85.8 Å². The lowest BCUT2D eigenvalue weighted by Crippen LogP contribution is -2.18. The molecule has 0 saturated carbocycles. The van der Waals surface area contributed by atoms with Crippen LogP contribution in [0.1, 0.15) is 16.2 Å². The van der Waals surface area contributed by atoms with E-state index in [1.807, 2.05) is 6.92 Å². The second-order valence-corrected chi connectivity index (χ2v) is 2.98. The molecule has 0 unspecified atom stereocenters. The fourth-order valence-electron chi connectivity index (χ4n) is 1.25. The van der Waals surface area contributed by atoms with Crippen molar-refractivity contribution in [3.8, 4) is 5.82 Å². The van der Waals surface area contributed by atoms with E-state index in [-0.39, 0.29) is 5.69 Å². The van der Waals surface area contributed by atoms with Gasteiger partial charge in [0.2, 0.25) is 0 Å². The third-order valence-corrected chi connectivity index (χ3v) is 1.94. The van der Waals surface area contributed by atoms with Gasteiger partial charge in [0, 0.05) is 24.3 Å². The van der Waals surface area contributed by atoms with E-state index in [2.05, 4.69) is 15.1 Å². The second-order valence-electron chi connectivity index (χ2n) is 2.98. The lowest BCUT2D eigenvalue weighted by atomic mass is 10.3. The molecule has 6 heteroatoms. The number of amides is 1. The maximum atomic E-state index is 11.1. The van der Waals surface area contributed by atoms with E-state index >= 15 is 0 Å². The van der Waals surface area contributed by atoms with Crippen LogP contribution in [-0.2, 0) is 0 Å². The molecule has 0 atom stereocenters. The van der Waals surface area contributed by atoms with Crippen molar-refractivity contribution in [3.05, 3.63) is 36.0 Å². The summed E-state index contributed by atoms with van der Waals surface area (Å²) in [6.07, 6.45) is 4.53. The SMILES string of the molecule is Cc1ccnn1-c1nccnc1C(N)=O. The molecule has 2 aromatic heterocycles. The predicted octanol–water partition coefficient (Wildman–Crippen LogP) is 0.0696. The van der Waals surface area contributed by atoms with Gasteiger partial charge in [0.15, 0.2) is 11.5 Å². The molecule has 76 valence electrons. The first-order valence-corrected chi connectivity index (χ1v) is 4.32. The van der Waals surface area contributed by atoms with Gasteiger partial charge in [-0.1, -0.05) is 0 Å². The van der Waals surface area contributed by atoms with Gasteiger partial charge in [-0.2, -0.15) is 5.10 Å². The van der Waals surface area contributed by atoms with Crippen molar-refractivity contribution in [1.82, 2.24) is 19.7 Å². The Morgan fingerprint density at radius 2 is 2.07 bits per heavy atom. The highest BCUT2D eigenvalue weighted by Gasteiger charge is 2.13. The first kappa shape index (κ1) is 9.32. The smallest absolute Gasteiger partial charge is 0.271 e. The standard InChI is InChI=1S/C9H9N5O/c1-6-2-3-13-14(6)9-7(8(10)15)11-4-5-12-9/h2-5H,1H3,(H2,10,15). The van der Waals surface area contributed by atoms with E-state index in [1.165, 1.54) is 17.1 Å². The molecule has 1 amide bonds. The zero-order valence-corrected chi connectivity index (χ0v) is 8.08. The van der Waals surface area contributed by atoms with Crippen LogP contribution in [0.4, 0.5) is 0 Å². The maximum absolute atomic E-state index is 11.1. The van der Waals surface area contributed by atoms with E-state index in [0.29, 0.717) is 5.82 Å². The van der Waals surface area contributed by atoms with Crippen LogP contribution in [0.2, 0.25) is 0 Å². The molecule has 0 fully saturated rings. The van der Waals surface area contributed by atoms with Crippen molar-refractivity contribution in [2.24, 2.45) is 5.73 Å². The molecule has 0 aromatic carbocycles. The second kappa shape index (κ2) is 3.49. The summed E-state index contributed by atoms with van der Waals surface area (Å²) in [6, 6.07) is 1.81. The largest absolute Gasteiger partial charge is 0.364 e. The van der Waals surface area contributed by atoms with Crippen LogP contribution in [0.25, 0.3) is 5.82 Å². The van der Waals surface area contributed by atoms with Gasteiger partial charge in [-0.25, -0.2) is 14.6 Å². The Morgan fingerprint density at radius 3 is 2.67 bits per heavy atom. The molecule has 0 saturated heterocycles. The Hall–Kier alpha value is -2.24. The fourth-order valence-corrected chi connectivity index (χ4v) is 1.25. The number of carbonyl (C=O) groups excluding carboxylic acids is 1. The van der Waals surface area contributed by atoms with Crippen LogP contribution in [-0.4, -0.2) is 25.7 Å². The number of hydrogen-bond donors (Lipinski definition) is 1. The third kappa shape index (κ3) is 1.56. The van der Waals surface area contributed by atoms with Gasteiger partial charge in [0.1, 0.15) is 0 Å². The predicted molar refractivity (Wildman–Crippen MR) is 52.4 cm³/mol. The normalized spacial score (nSPS) is 10.2. The highest BCUT2D eigenvalue weighted by atomic mass is 16.1. The monoisotopic (exact) mass is 203 g/mol. The molecule has 15 heavy (non-hydrogen) atoms. The van der Waals surface area contributed by atoms with Crippen LogP contribution in [0.5, 0.6) is 0 Å². The van der Waals surface area contributed by atoms with E-state index in [9.17, 15) is 4.79 Å². The number of hydrogen-bond acceptors (Lipinski definition) is 4. The van der Waals surface area contributed by atoms with Crippen LogP contribution in [0.3, 0.4) is 0 Å². The summed E-state index contributed by atoms with van der Waals surface area (Å²) in [7, 11) is 0. The Morgan fingerprint density at radius 1 is 1.33 bits per heavy atom. The fraction of sp³-hybridized carbons (Fsp3) is 0.111. The summed E-state index contributed by atoms with van der Waals surface area (Å²) in [5.41, 5.74) is 6.16. The van der Waals surface area contributed by atoms with Crippen LogP contribution in [0, 0.1) is 6.92 Å². The molecule has 0 bridgehead atoms. The van der Waals surface area contributed by atoms with Gasteiger partial charge in [0.05, 0.1) is 0 Å². The number of aromatic nitrogens is 4. The Kier molecular flexibility index (Phi) is 2.17. The Balaban J connectivity index is 2.63. The van der Waals surface area contributed by atoms with Gasteiger partial charge in [-0.15, -0.1) is 0 Å². The quantitative estimate of drug-likeness (QED) is 0.748. The van der Waals surface area contributed by atoms with E-state index in [4.69, 9.17) is 5.73 Å². The summed E-state index contributed by atoms with van der Waals surface area (Å²) in [5, 5.41) is 4.04. The number of nitrogens with zero attached hydrogens (tertiary/aromatic N) is 4. The third-order valence-electron chi connectivity index (χ3n) is 1.94.